The van der Waals surface area contributed by atoms with E-state index < -0.39 is 0 Å². The van der Waals surface area contributed by atoms with Crippen LogP contribution in [0.3, 0.4) is 0 Å². The van der Waals surface area contributed by atoms with E-state index in [2.05, 4.69) is 5.32 Å². The highest BCUT2D eigenvalue weighted by Gasteiger charge is 2.13. The number of amides is 1. The van der Waals surface area contributed by atoms with Gasteiger partial charge >= 0.3 is 0 Å². The smallest absolute Gasteiger partial charge is 0.253 e. The van der Waals surface area contributed by atoms with Crippen LogP contribution in [0.1, 0.15) is 15.9 Å². The van der Waals surface area contributed by atoms with Crippen molar-refractivity contribution < 1.29 is 14.3 Å². The fourth-order valence-corrected chi connectivity index (χ4v) is 2.06. The summed E-state index contributed by atoms with van der Waals surface area (Å²) in [6, 6.07) is 8.40. The zero-order chi connectivity index (χ0) is 14.8. The van der Waals surface area contributed by atoms with Crippen LogP contribution in [0.4, 0.5) is 0 Å². The number of aryl methyl sites for hydroxylation is 1. The SMILES string of the molecule is Cn1cc(C(=O)NCc2ccc3c(c2)OCO3)ccc1=O. The lowest BCUT2D eigenvalue weighted by Gasteiger charge is -2.07. The van der Waals surface area contributed by atoms with Crippen molar-refractivity contribution in [1.29, 1.82) is 0 Å². The number of pyridine rings is 1. The van der Waals surface area contributed by atoms with Gasteiger partial charge in [-0.2, -0.15) is 0 Å². The molecule has 21 heavy (non-hydrogen) atoms. The van der Waals surface area contributed by atoms with Crippen molar-refractivity contribution >= 4 is 5.91 Å². The molecule has 108 valence electrons. The summed E-state index contributed by atoms with van der Waals surface area (Å²) in [5.74, 6) is 1.16. The molecule has 2 heterocycles. The van der Waals surface area contributed by atoms with E-state index in [1.54, 1.807) is 7.05 Å². The van der Waals surface area contributed by atoms with Crippen LogP contribution in [-0.2, 0) is 13.6 Å². The first-order valence-corrected chi connectivity index (χ1v) is 6.47. The van der Waals surface area contributed by atoms with Gasteiger partial charge in [0.1, 0.15) is 0 Å². The van der Waals surface area contributed by atoms with Crippen LogP contribution in [-0.4, -0.2) is 17.3 Å². The molecule has 0 bridgehead atoms. The van der Waals surface area contributed by atoms with Gasteiger partial charge in [0, 0.05) is 25.9 Å². The lowest BCUT2D eigenvalue weighted by atomic mass is 10.2. The van der Waals surface area contributed by atoms with E-state index in [1.165, 1.54) is 22.9 Å². The van der Waals surface area contributed by atoms with Crippen LogP contribution >= 0.6 is 0 Å². The van der Waals surface area contributed by atoms with Crippen molar-refractivity contribution in [3.63, 3.8) is 0 Å². The second kappa shape index (κ2) is 5.32. The first-order chi connectivity index (χ1) is 10.1. The molecule has 0 saturated heterocycles. The molecule has 0 fully saturated rings. The van der Waals surface area contributed by atoms with Crippen LogP contribution in [0.2, 0.25) is 0 Å². The maximum Gasteiger partial charge on any atom is 0.253 e. The number of ether oxygens (including phenoxy) is 2. The van der Waals surface area contributed by atoms with Crippen molar-refractivity contribution in [2.45, 2.75) is 6.54 Å². The minimum Gasteiger partial charge on any atom is -0.454 e. The van der Waals surface area contributed by atoms with E-state index in [0.29, 0.717) is 23.6 Å². The van der Waals surface area contributed by atoms with Crippen LogP contribution < -0.4 is 20.3 Å². The molecule has 2 aromatic rings. The highest BCUT2D eigenvalue weighted by molar-refractivity contribution is 5.93. The Hall–Kier alpha value is -2.76. The second-order valence-electron chi connectivity index (χ2n) is 4.74. The largest absolute Gasteiger partial charge is 0.454 e. The van der Waals surface area contributed by atoms with Gasteiger partial charge in [-0.1, -0.05) is 6.07 Å². The molecule has 0 radical (unpaired) electrons. The molecule has 6 heteroatoms. The Balaban J connectivity index is 1.68. The van der Waals surface area contributed by atoms with E-state index >= 15 is 0 Å². The fourth-order valence-electron chi connectivity index (χ4n) is 2.06. The van der Waals surface area contributed by atoms with Crippen molar-refractivity contribution in [2.75, 3.05) is 6.79 Å². The number of nitrogens with zero attached hydrogens (tertiary/aromatic N) is 1. The van der Waals surface area contributed by atoms with Crippen molar-refractivity contribution in [2.24, 2.45) is 7.05 Å². The number of benzene rings is 1. The van der Waals surface area contributed by atoms with Gasteiger partial charge in [-0.15, -0.1) is 0 Å². The minimum atomic E-state index is -0.233. The highest BCUT2D eigenvalue weighted by Crippen LogP contribution is 2.32. The number of carbonyl (C=O) groups is 1. The average Bonchev–Trinajstić information content (AvgIpc) is 2.95. The summed E-state index contributed by atoms with van der Waals surface area (Å²) >= 11 is 0. The first-order valence-electron chi connectivity index (χ1n) is 6.47. The number of hydrogen-bond donors (Lipinski definition) is 1. The van der Waals surface area contributed by atoms with Gasteiger partial charge in [0.15, 0.2) is 11.5 Å². The van der Waals surface area contributed by atoms with Gasteiger partial charge < -0.3 is 19.4 Å². The van der Waals surface area contributed by atoms with Crippen LogP contribution in [0, 0.1) is 0 Å². The maximum atomic E-state index is 12.0. The molecule has 1 aromatic carbocycles. The van der Waals surface area contributed by atoms with E-state index in [1.807, 2.05) is 18.2 Å². The monoisotopic (exact) mass is 286 g/mol. The second-order valence-corrected chi connectivity index (χ2v) is 4.74. The summed E-state index contributed by atoms with van der Waals surface area (Å²) < 4.78 is 11.9. The van der Waals surface area contributed by atoms with E-state index in [9.17, 15) is 9.59 Å². The molecule has 1 aliphatic rings. The predicted octanol–water partition coefficient (Wildman–Crippen LogP) is 1.04. The number of hydrogen-bond acceptors (Lipinski definition) is 4. The van der Waals surface area contributed by atoms with Crippen molar-refractivity contribution in [1.82, 2.24) is 9.88 Å². The Morgan fingerprint density at radius 2 is 2.05 bits per heavy atom. The molecule has 0 aliphatic carbocycles. The number of fused-ring (bicyclic) bond motifs is 1. The van der Waals surface area contributed by atoms with Crippen molar-refractivity contribution in [3.05, 3.63) is 58.0 Å². The summed E-state index contributed by atoms with van der Waals surface area (Å²) in [4.78, 5) is 23.3. The van der Waals surface area contributed by atoms with Gasteiger partial charge in [0.05, 0.1) is 5.56 Å². The molecule has 0 spiro atoms. The number of aromatic nitrogens is 1. The molecule has 3 rings (SSSR count). The maximum absolute atomic E-state index is 12.0. The topological polar surface area (TPSA) is 69.6 Å². The van der Waals surface area contributed by atoms with Gasteiger partial charge in [-0.3, -0.25) is 9.59 Å². The molecule has 0 unspecified atom stereocenters. The molecule has 1 aliphatic heterocycles. The Labute approximate surface area is 120 Å². The van der Waals surface area contributed by atoms with Crippen LogP contribution in [0.5, 0.6) is 11.5 Å². The fraction of sp³-hybridized carbons (Fsp3) is 0.200. The zero-order valence-corrected chi connectivity index (χ0v) is 11.5. The minimum absolute atomic E-state index is 0.151. The van der Waals surface area contributed by atoms with Gasteiger partial charge in [-0.25, -0.2) is 0 Å². The average molecular weight is 286 g/mol. The summed E-state index contributed by atoms with van der Waals surface area (Å²) in [6.07, 6.45) is 1.51. The van der Waals surface area contributed by atoms with E-state index in [4.69, 9.17) is 9.47 Å². The predicted molar refractivity (Wildman–Crippen MR) is 75.4 cm³/mol. The Kier molecular flexibility index (Phi) is 3.35. The summed E-state index contributed by atoms with van der Waals surface area (Å²) in [5.41, 5.74) is 1.21. The van der Waals surface area contributed by atoms with Gasteiger partial charge in [-0.05, 0) is 23.8 Å². The van der Waals surface area contributed by atoms with Gasteiger partial charge in [0.2, 0.25) is 12.4 Å². The third-order valence-electron chi connectivity index (χ3n) is 3.24. The molecule has 1 aromatic heterocycles. The number of rotatable bonds is 3. The van der Waals surface area contributed by atoms with Crippen molar-refractivity contribution in [3.8, 4) is 11.5 Å². The number of carbonyl (C=O) groups excluding carboxylic acids is 1. The standard InChI is InChI=1S/C15H14N2O4/c1-17-8-11(3-5-14(17)18)15(19)16-7-10-2-4-12-13(6-10)21-9-20-12/h2-6,8H,7,9H2,1H3,(H,16,19). The molecule has 0 atom stereocenters. The first kappa shape index (κ1) is 13.2. The quantitative estimate of drug-likeness (QED) is 0.915. The summed E-state index contributed by atoms with van der Waals surface area (Å²) in [5, 5.41) is 2.80. The van der Waals surface area contributed by atoms with Crippen LogP contribution in [0.15, 0.2) is 41.3 Å². The molecule has 6 nitrogen and oxygen atoms in total. The lowest BCUT2D eigenvalue weighted by molar-refractivity contribution is 0.0950. The number of nitrogens with one attached hydrogen (secondary N) is 1. The molecule has 1 N–H and O–H groups in total. The third kappa shape index (κ3) is 2.74. The van der Waals surface area contributed by atoms with E-state index in [0.717, 1.165) is 5.56 Å². The Morgan fingerprint density at radius 1 is 1.24 bits per heavy atom. The lowest BCUT2D eigenvalue weighted by Crippen LogP contribution is -2.25. The summed E-state index contributed by atoms with van der Waals surface area (Å²) in [7, 11) is 1.61. The Bertz CT molecular complexity index is 752. The molecule has 0 saturated carbocycles. The van der Waals surface area contributed by atoms with Crippen LogP contribution in [0.25, 0.3) is 0 Å². The van der Waals surface area contributed by atoms with E-state index in [-0.39, 0.29) is 18.3 Å². The highest BCUT2D eigenvalue weighted by atomic mass is 16.7. The van der Waals surface area contributed by atoms with Gasteiger partial charge in [0.25, 0.3) is 5.91 Å². The Morgan fingerprint density at radius 3 is 2.86 bits per heavy atom. The summed E-state index contributed by atoms with van der Waals surface area (Å²) in [6.45, 7) is 0.599. The molecular weight excluding hydrogens is 272 g/mol. The molecular formula is C15H14N2O4. The zero-order valence-electron chi connectivity index (χ0n) is 11.5. The third-order valence-corrected chi connectivity index (χ3v) is 3.24. The molecule has 1 amide bonds. The normalized spacial score (nSPS) is 12.2.